The third kappa shape index (κ3) is 3.70. The smallest absolute Gasteiger partial charge is 0.307 e. The van der Waals surface area contributed by atoms with Gasteiger partial charge in [-0.3, -0.25) is 4.79 Å². The molecule has 22 heavy (non-hydrogen) atoms. The minimum Gasteiger partial charge on any atom is -0.307 e. The van der Waals surface area contributed by atoms with E-state index in [9.17, 15) is 18.0 Å². The molecule has 0 atom stereocenters. The van der Waals surface area contributed by atoms with Gasteiger partial charge in [0.1, 0.15) is 4.32 Å². The molecule has 2 nitrogen and oxygen atoms in total. The summed E-state index contributed by atoms with van der Waals surface area (Å²) in [5.41, 5.74) is -0.602. The molecule has 0 spiro atoms. The Balaban J connectivity index is 2.55. The third-order valence-corrected chi connectivity index (χ3v) is 4.32. The number of thioether (sulfide) groups is 1. The zero-order valence-electron chi connectivity index (χ0n) is 12.2. The van der Waals surface area contributed by atoms with Gasteiger partial charge >= 0.3 is 6.18 Å². The van der Waals surface area contributed by atoms with E-state index in [2.05, 4.69) is 5.32 Å². The largest absolute Gasteiger partial charge is 0.416 e. The molecule has 1 saturated heterocycles. The highest BCUT2D eigenvalue weighted by Crippen LogP contribution is 2.37. The van der Waals surface area contributed by atoms with Crippen LogP contribution in [-0.2, 0) is 16.4 Å². The third-order valence-electron chi connectivity index (χ3n) is 3.15. The number of benzene rings is 1. The van der Waals surface area contributed by atoms with Crippen LogP contribution in [0.3, 0.4) is 0 Å². The van der Waals surface area contributed by atoms with Crippen molar-refractivity contribution < 1.29 is 18.0 Å². The van der Waals surface area contributed by atoms with E-state index < -0.39 is 23.1 Å². The molecule has 1 aromatic rings. The number of nitrogens with one attached hydrogen (secondary N) is 1. The molecule has 118 valence electrons. The molecule has 0 saturated carbocycles. The Bertz CT molecular complexity index is 672. The minimum absolute atomic E-state index is 0.0390. The van der Waals surface area contributed by atoms with Gasteiger partial charge in [0.2, 0.25) is 0 Å². The lowest BCUT2D eigenvalue weighted by molar-refractivity contribution is -0.137. The lowest BCUT2D eigenvalue weighted by Crippen LogP contribution is -2.18. The fraction of sp³-hybridized carbons (Fsp3) is 0.333. The van der Waals surface area contributed by atoms with Gasteiger partial charge in [-0.1, -0.05) is 56.9 Å². The van der Waals surface area contributed by atoms with Crippen LogP contribution in [0.2, 0.25) is 0 Å². The fourth-order valence-corrected chi connectivity index (χ4v) is 2.99. The van der Waals surface area contributed by atoms with Gasteiger partial charge in [0, 0.05) is 0 Å². The van der Waals surface area contributed by atoms with Gasteiger partial charge in [-0.2, -0.15) is 13.2 Å². The molecule has 1 amide bonds. The van der Waals surface area contributed by atoms with Crippen molar-refractivity contribution in [2.45, 2.75) is 32.4 Å². The lowest BCUT2D eigenvalue weighted by Gasteiger charge is -2.21. The molecule has 0 aliphatic carbocycles. The van der Waals surface area contributed by atoms with Crippen molar-refractivity contribution in [1.82, 2.24) is 5.32 Å². The molecule has 1 aliphatic heterocycles. The molecule has 7 heteroatoms. The molecule has 1 aromatic carbocycles. The van der Waals surface area contributed by atoms with Gasteiger partial charge < -0.3 is 5.32 Å². The number of thiocarbonyl (C=S) groups is 1. The van der Waals surface area contributed by atoms with Crippen LogP contribution in [0.15, 0.2) is 23.1 Å². The molecule has 0 bridgehead atoms. The van der Waals surface area contributed by atoms with Crippen molar-refractivity contribution in [3.63, 3.8) is 0 Å². The number of carbonyl (C=O) groups is 1. The standard InChI is InChI=1S/C15H14F3NOS2/c1-14(2,3)9-5-4-8(10(7-9)15(16,17)18)6-11-12(20)19-13(21)22-11/h4-7H,1-3H3,(H,19,20,21)/b11-6-. The zero-order valence-corrected chi connectivity index (χ0v) is 13.8. The summed E-state index contributed by atoms with van der Waals surface area (Å²) in [5, 5.41) is 2.39. The summed E-state index contributed by atoms with van der Waals surface area (Å²) in [5.74, 6) is -0.469. The van der Waals surface area contributed by atoms with Crippen LogP contribution in [0.4, 0.5) is 13.2 Å². The van der Waals surface area contributed by atoms with Crippen molar-refractivity contribution in [2.24, 2.45) is 0 Å². The maximum atomic E-state index is 13.3. The van der Waals surface area contributed by atoms with Crippen molar-refractivity contribution in [3.8, 4) is 0 Å². The Hall–Kier alpha value is -1.34. The number of alkyl halides is 3. The minimum atomic E-state index is -4.49. The molecular formula is C15H14F3NOS2. The second kappa shape index (κ2) is 5.70. The number of hydrogen-bond donors (Lipinski definition) is 1. The highest BCUT2D eigenvalue weighted by Gasteiger charge is 2.34. The SMILES string of the molecule is CC(C)(C)c1ccc(/C=C2\SC(=S)NC2=O)c(C(F)(F)F)c1. The molecule has 0 aromatic heterocycles. The Morgan fingerprint density at radius 2 is 1.86 bits per heavy atom. The van der Waals surface area contributed by atoms with E-state index in [0.717, 1.165) is 17.8 Å². The summed E-state index contributed by atoms with van der Waals surface area (Å²) < 4.78 is 40.2. The number of hydrogen-bond acceptors (Lipinski definition) is 3. The van der Waals surface area contributed by atoms with Crippen LogP contribution < -0.4 is 5.32 Å². The maximum Gasteiger partial charge on any atom is 0.416 e. The normalized spacial score (nSPS) is 18.0. The molecule has 2 rings (SSSR count). The first kappa shape index (κ1) is 17.0. The molecule has 1 N–H and O–H groups in total. The lowest BCUT2D eigenvalue weighted by atomic mass is 9.85. The second-order valence-electron chi connectivity index (χ2n) is 5.90. The summed E-state index contributed by atoms with van der Waals surface area (Å²) in [6.07, 6.45) is -3.26. The molecule has 1 fully saturated rings. The zero-order chi connectivity index (χ0) is 16.7. The fourth-order valence-electron chi connectivity index (χ4n) is 1.96. The predicted octanol–water partition coefficient (Wildman–Crippen LogP) is 4.49. The first-order chi connectivity index (χ1) is 9.98. The van der Waals surface area contributed by atoms with Crippen molar-refractivity contribution in [2.75, 3.05) is 0 Å². The quantitative estimate of drug-likeness (QED) is 0.600. The summed E-state index contributed by atoms with van der Waals surface area (Å²) in [7, 11) is 0. The van der Waals surface area contributed by atoms with Crippen LogP contribution in [-0.4, -0.2) is 10.2 Å². The molecule has 0 radical (unpaired) electrons. The van der Waals surface area contributed by atoms with Crippen LogP contribution in [0.5, 0.6) is 0 Å². The summed E-state index contributed by atoms with van der Waals surface area (Å²) in [4.78, 5) is 11.8. The van der Waals surface area contributed by atoms with Crippen molar-refractivity contribution in [3.05, 3.63) is 39.8 Å². The second-order valence-corrected chi connectivity index (χ2v) is 7.62. The van der Waals surface area contributed by atoms with Gasteiger partial charge in [0.25, 0.3) is 5.91 Å². The monoisotopic (exact) mass is 345 g/mol. The van der Waals surface area contributed by atoms with Crippen molar-refractivity contribution in [1.29, 1.82) is 0 Å². The number of carbonyl (C=O) groups excluding carboxylic acids is 1. The van der Waals surface area contributed by atoms with Gasteiger partial charge in [-0.25, -0.2) is 0 Å². The van der Waals surface area contributed by atoms with Crippen LogP contribution >= 0.6 is 24.0 Å². The summed E-state index contributed by atoms with van der Waals surface area (Å²) in [6, 6.07) is 4.19. The average Bonchev–Trinajstić information content (AvgIpc) is 2.65. The molecular weight excluding hydrogens is 331 g/mol. The first-order valence-corrected chi connectivity index (χ1v) is 7.67. The first-order valence-electron chi connectivity index (χ1n) is 6.45. The van der Waals surface area contributed by atoms with Crippen LogP contribution in [0.25, 0.3) is 6.08 Å². The topological polar surface area (TPSA) is 29.1 Å². The van der Waals surface area contributed by atoms with E-state index in [4.69, 9.17) is 12.2 Å². The van der Waals surface area contributed by atoms with Crippen LogP contribution in [0.1, 0.15) is 37.5 Å². The molecule has 0 unspecified atom stereocenters. The Morgan fingerprint density at radius 3 is 2.32 bits per heavy atom. The van der Waals surface area contributed by atoms with Gasteiger partial charge in [-0.05, 0) is 28.7 Å². The van der Waals surface area contributed by atoms with Crippen molar-refractivity contribution >= 4 is 40.3 Å². The average molecular weight is 345 g/mol. The maximum absolute atomic E-state index is 13.3. The Labute approximate surface area is 136 Å². The molecule has 1 heterocycles. The number of halogens is 3. The van der Waals surface area contributed by atoms with E-state index in [1.54, 1.807) is 6.07 Å². The van der Waals surface area contributed by atoms with E-state index in [1.165, 1.54) is 12.1 Å². The highest BCUT2D eigenvalue weighted by molar-refractivity contribution is 8.26. The molecule has 1 aliphatic rings. The predicted molar refractivity (Wildman–Crippen MR) is 86.5 cm³/mol. The van der Waals surface area contributed by atoms with Gasteiger partial charge in [0.15, 0.2) is 0 Å². The van der Waals surface area contributed by atoms with E-state index in [0.29, 0.717) is 5.56 Å². The van der Waals surface area contributed by atoms with E-state index in [1.807, 2.05) is 20.8 Å². The van der Waals surface area contributed by atoms with E-state index >= 15 is 0 Å². The van der Waals surface area contributed by atoms with Crippen LogP contribution in [0, 0.1) is 0 Å². The highest BCUT2D eigenvalue weighted by atomic mass is 32.2. The number of rotatable bonds is 1. The van der Waals surface area contributed by atoms with E-state index in [-0.39, 0.29) is 14.8 Å². The summed E-state index contributed by atoms with van der Waals surface area (Å²) in [6.45, 7) is 5.54. The van der Waals surface area contributed by atoms with Gasteiger partial charge in [-0.15, -0.1) is 0 Å². The number of amides is 1. The Morgan fingerprint density at radius 1 is 1.23 bits per heavy atom. The summed E-state index contributed by atoms with van der Waals surface area (Å²) >= 11 is 5.80. The van der Waals surface area contributed by atoms with Gasteiger partial charge in [0.05, 0.1) is 10.5 Å². The Kier molecular flexibility index (Phi) is 4.41.